The molecule has 0 aliphatic rings. The molecular weight excluding hydrogens is 535 g/mol. The Kier molecular flexibility index (Phi) is 19.9. The summed E-state index contributed by atoms with van der Waals surface area (Å²) in [6, 6.07) is 27.4. The summed E-state index contributed by atoms with van der Waals surface area (Å²) in [5, 5.41) is 53.0. The zero-order chi connectivity index (χ0) is 29.8. The molecule has 4 aromatic carbocycles. The van der Waals surface area contributed by atoms with Gasteiger partial charge in [-0.05, 0) is 97.5 Å². The number of rotatable bonds is 6. The molecule has 0 unspecified atom stereocenters. The van der Waals surface area contributed by atoms with Gasteiger partial charge in [0.15, 0.2) is 0 Å². The normalized spacial score (nSPS) is 9.56. The van der Waals surface area contributed by atoms with Gasteiger partial charge in [-0.25, -0.2) is 0 Å². The summed E-state index contributed by atoms with van der Waals surface area (Å²) in [6.45, 7) is 4.03. The van der Waals surface area contributed by atoms with Crippen molar-refractivity contribution < 1.29 is 50.0 Å². The Morgan fingerprint density at radius 3 is 1.56 bits per heavy atom. The molecule has 0 fully saturated rings. The van der Waals surface area contributed by atoms with E-state index in [0.717, 1.165) is 39.0 Å². The van der Waals surface area contributed by atoms with Crippen LogP contribution in [0.5, 0.6) is 11.5 Å². The van der Waals surface area contributed by atoms with Crippen LogP contribution in [0.15, 0.2) is 107 Å². The predicted molar refractivity (Wildman–Crippen MR) is 158 cm³/mol. The first-order valence-corrected chi connectivity index (χ1v) is 12.3. The van der Waals surface area contributed by atoms with Crippen molar-refractivity contribution in [3.05, 3.63) is 123 Å². The van der Waals surface area contributed by atoms with Gasteiger partial charge in [0.2, 0.25) is 0 Å². The number of aryl methyl sites for hydroxylation is 2. The molecule has 0 bridgehead atoms. The van der Waals surface area contributed by atoms with Crippen molar-refractivity contribution in [2.75, 3.05) is 18.9 Å². The predicted octanol–water partition coefficient (Wildman–Crippen LogP) is 3.41. The molecule has 0 saturated carbocycles. The van der Waals surface area contributed by atoms with E-state index in [2.05, 4.69) is 10.2 Å². The molecule has 10 nitrogen and oxygen atoms in total. The van der Waals surface area contributed by atoms with Gasteiger partial charge >= 0.3 is 29.6 Å². The minimum Gasteiger partial charge on any atom is -0.508 e. The van der Waals surface area contributed by atoms with Gasteiger partial charge < -0.3 is 36.3 Å². The number of azo groups is 1. The molecule has 0 aliphatic heterocycles. The number of aliphatic hydroxyl groups is 2. The van der Waals surface area contributed by atoms with Crippen LogP contribution in [-0.4, -0.2) is 33.6 Å². The van der Waals surface area contributed by atoms with Gasteiger partial charge in [0, 0.05) is 18.9 Å². The first-order chi connectivity index (χ1) is 19.2. The Hall–Kier alpha value is -3.80. The summed E-state index contributed by atoms with van der Waals surface area (Å²) in [5.74, 6) is 0.625. The Labute approximate surface area is 262 Å². The van der Waals surface area contributed by atoms with Crippen LogP contribution in [0.3, 0.4) is 0 Å². The Balaban J connectivity index is 0.000000611. The van der Waals surface area contributed by atoms with Gasteiger partial charge in [-0.3, -0.25) is 0 Å². The molecule has 4 aromatic rings. The minimum atomic E-state index is 0. The van der Waals surface area contributed by atoms with Crippen molar-refractivity contribution in [2.45, 2.75) is 26.7 Å². The first kappa shape index (κ1) is 37.2. The molecular formula is C30H35N4NaO6. The van der Waals surface area contributed by atoms with Crippen molar-refractivity contribution in [3.8, 4) is 11.5 Å². The van der Waals surface area contributed by atoms with Gasteiger partial charge in [0.05, 0.1) is 11.4 Å². The number of phenols is 2. The van der Waals surface area contributed by atoms with E-state index in [1.807, 2.05) is 80.6 Å². The van der Waals surface area contributed by atoms with E-state index >= 15 is 0 Å². The third kappa shape index (κ3) is 16.2. The second kappa shape index (κ2) is 22.0. The van der Waals surface area contributed by atoms with Crippen molar-refractivity contribution >= 4 is 17.1 Å². The zero-order valence-electron chi connectivity index (χ0n) is 23.5. The average Bonchev–Trinajstić information content (AvgIpc) is 2.95. The minimum absolute atomic E-state index is 0. The smallest absolute Gasteiger partial charge is 0.508 e. The van der Waals surface area contributed by atoms with E-state index in [4.69, 9.17) is 31.2 Å². The van der Waals surface area contributed by atoms with Gasteiger partial charge in [-0.2, -0.15) is 10.2 Å². The molecule has 0 heterocycles. The molecule has 11 heteroatoms. The van der Waals surface area contributed by atoms with Gasteiger partial charge in [0.25, 0.3) is 0 Å². The van der Waals surface area contributed by atoms with E-state index in [1.165, 1.54) is 0 Å². The van der Waals surface area contributed by atoms with Gasteiger partial charge in [0.1, 0.15) is 11.5 Å². The van der Waals surface area contributed by atoms with E-state index in [-0.39, 0.29) is 48.5 Å². The van der Waals surface area contributed by atoms with Crippen molar-refractivity contribution in [3.63, 3.8) is 0 Å². The standard InChI is InChI=1S/C15H16N2O2.C8H11NO.C7H8O.HNO2.Na/c1-11-10-14(6-7-15(11)19)17-16-13-4-2-12(3-5-13)8-9-18;9-8-3-1-7(2-4-8)5-6-10;1-6-4-2-3-5-7(6)8;2-1-3;/h2-7,10,18-19H,8-9H2,1H3;1-4,10H,5-6,9H2;2-5,8H,1H3;(H,2,3);/q;;;;+1/p-1. The number of anilines is 1. The third-order valence-electron chi connectivity index (χ3n) is 5.29. The summed E-state index contributed by atoms with van der Waals surface area (Å²) in [4.78, 5) is 8.00. The monoisotopic (exact) mass is 570 g/mol. The summed E-state index contributed by atoms with van der Waals surface area (Å²) in [5.41, 5.74) is 11.6. The van der Waals surface area contributed by atoms with Crippen LogP contribution < -0.4 is 35.3 Å². The van der Waals surface area contributed by atoms with E-state index in [9.17, 15) is 5.11 Å². The zero-order valence-corrected chi connectivity index (χ0v) is 25.5. The largest absolute Gasteiger partial charge is 1.00 e. The molecule has 212 valence electrons. The van der Waals surface area contributed by atoms with E-state index in [1.54, 1.807) is 24.3 Å². The fourth-order valence-electron chi connectivity index (χ4n) is 3.05. The van der Waals surface area contributed by atoms with E-state index < -0.39 is 0 Å². The second-order valence-corrected chi connectivity index (χ2v) is 8.39. The number of para-hydroxylation sites is 1. The first-order valence-electron chi connectivity index (χ1n) is 12.3. The summed E-state index contributed by atoms with van der Waals surface area (Å²) >= 11 is 0. The molecule has 0 aromatic heterocycles. The maximum atomic E-state index is 9.42. The fraction of sp³-hybridized carbons (Fsp3) is 0.200. The number of hydrogen-bond donors (Lipinski definition) is 5. The number of nitrogen functional groups attached to an aromatic ring is 1. The van der Waals surface area contributed by atoms with Crippen molar-refractivity contribution in [1.29, 1.82) is 0 Å². The molecule has 0 radical (unpaired) electrons. The number of benzene rings is 4. The van der Waals surface area contributed by atoms with Crippen LogP contribution in [0.2, 0.25) is 0 Å². The molecule has 0 atom stereocenters. The summed E-state index contributed by atoms with van der Waals surface area (Å²) in [6.07, 6.45) is 1.36. The Morgan fingerprint density at radius 1 is 0.683 bits per heavy atom. The van der Waals surface area contributed by atoms with Crippen LogP contribution in [0.1, 0.15) is 22.3 Å². The molecule has 6 N–H and O–H groups in total. The number of hydrogen-bond acceptors (Lipinski definition) is 10. The number of aromatic hydroxyl groups is 2. The third-order valence-corrected chi connectivity index (χ3v) is 5.29. The molecule has 0 amide bonds. The molecule has 41 heavy (non-hydrogen) atoms. The Morgan fingerprint density at radius 2 is 1.12 bits per heavy atom. The number of phenolic OH excluding ortho intramolecular Hbond substituents is 2. The van der Waals surface area contributed by atoms with Crippen LogP contribution >= 0.6 is 0 Å². The van der Waals surface area contributed by atoms with E-state index in [0.29, 0.717) is 24.3 Å². The fourth-order valence-corrected chi connectivity index (χ4v) is 3.05. The molecule has 0 saturated heterocycles. The van der Waals surface area contributed by atoms with Gasteiger partial charge in [-0.15, -0.1) is 5.34 Å². The van der Waals surface area contributed by atoms with Crippen LogP contribution in [0, 0.1) is 24.0 Å². The maximum Gasteiger partial charge on any atom is 1.00 e. The topological polar surface area (TPSA) is 184 Å². The van der Waals surface area contributed by atoms with Crippen molar-refractivity contribution in [1.82, 2.24) is 0 Å². The number of nitrogens with zero attached hydrogens (tertiary/aromatic N) is 3. The second-order valence-electron chi connectivity index (χ2n) is 8.39. The van der Waals surface area contributed by atoms with Gasteiger partial charge in [-0.1, -0.05) is 42.5 Å². The molecule has 0 spiro atoms. The average molecular weight is 571 g/mol. The molecule has 0 aliphatic carbocycles. The SMILES string of the molecule is Cc1cc(N=Nc2ccc(CCO)cc2)ccc1O.Cc1ccccc1O.Nc1ccc(CCO)cc1.O=N[O-].[Na+]. The van der Waals surface area contributed by atoms with Crippen molar-refractivity contribution in [2.24, 2.45) is 15.6 Å². The quantitative estimate of drug-likeness (QED) is 0.0773. The van der Waals surface area contributed by atoms with Crippen LogP contribution in [-0.2, 0) is 12.8 Å². The number of aliphatic hydroxyl groups excluding tert-OH is 2. The van der Waals surface area contributed by atoms with Crippen LogP contribution in [0.25, 0.3) is 0 Å². The summed E-state index contributed by atoms with van der Waals surface area (Å²) in [7, 11) is 0. The number of nitrogens with two attached hydrogens (primary N) is 1. The maximum absolute atomic E-state index is 9.42. The summed E-state index contributed by atoms with van der Waals surface area (Å²) < 4.78 is 0. The molecule has 4 rings (SSSR count). The van der Waals surface area contributed by atoms with Crippen LogP contribution in [0.4, 0.5) is 17.1 Å². The Bertz CT molecular complexity index is 1280.